The average Bonchev–Trinajstić information content (AvgIpc) is 3.35. The minimum atomic E-state index is 0.0400. The van der Waals surface area contributed by atoms with Crippen molar-refractivity contribution in [2.24, 2.45) is 0 Å². The van der Waals surface area contributed by atoms with E-state index in [9.17, 15) is 0 Å². The van der Waals surface area contributed by atoms with E-state index in [1.54, 1.807) is 0 Å². The van der Waals surface area contributed by atoms with E-state index in [4.69, 9.17) is 14.7 Å². The second-order valence-electron chi connectivity index (χ2n) is 7.81. The predicted molar refractivity (Wildman–Crippen MR) is 113 cm³/mol. The van der Waals surface area contributed by atoms with Gasteiger partial charge in [-0.25, -0.2) is 9.97 Å². The first kappa shape index (κ1) is 17.9. The van der Waals surface area contributed by atoms with Gasteiger partial charge in [0.1, 0.15) is 12.1 Å². The van der Waals surface area contributed by atoms with E-state index >= 15 is 0 Å². The Morgan fingerprint density at radius 1 is 1.25 bits per heavy atom. The molecule has 146 valence electrons. The molecule has 1 aromatic carbocycles. The van der Waals surface area contributed by atoms with Crippen molar-refractivity contribution in [1.29, 1.82) is 0 Å². The number of rotatable bonds is 3. The number of para-hydroxylation sites is 2. The van der Waals surface area contributed by atoms with Gasteiger partial charge in [0.15, 0.2) is 0 Å². The minimum absolute atomic E-state index is 0.0400. The monoisotopic (exact) mass is 395 g/mol. The Kier molecular flexibility index (Phi) is 4.51. The van der Waals surface area contributed by atoms with Crippen LogP contribution in [0.25, 0.3) is 17.0 Å². The van der Waals surface area contributed by atoms with Gasteiger partial charge in [-0.3, -0.25) is 4.57 Å². The van der Waals surface area contributed by atoms with Crippen LogP contribution in [-0.4, -0.2) is 51.1 Å². The second kappa shape index (κ2) is 7.04. The first-order valence-electron chi connectivity index (χ1n) is 9.94. The molecule has 0 N–H and O–H groups in total. The highest BCUT2D eigenvalue weighted by Gasteiger charge is 2.35. The number of fused-ring (bicyclic) bond motifs is 1. The van der Waals surface area contributed by atoms with E-state index in [2.05, 4.69) is 35.9 Å². The van der Waals surface area contributed by atoms with Gasteiger partial charge in [-0.1, -0.05) is 12.1 Å². The van der Waals surface area contributed by atoms with Crippen molar-refractivity contribution in [1.82, 2.24) is 19.5 Å². The number of hydrogen-bond acceptors (Lipinski definition) is 6. The molecule has 28 heavy (non-hydrogen) atoms. The van der Waals surface area contributed by atoms with E-state index in [0.717, 1.165) is 48.7 Å². The number of benzene rings is 1. The molecule has 5 rings (SSSR count). The van der Waals surface area contributed by atoms with E-state index < -0.39 is 0 Å². The molecule has 2 fully saturated rings. The molecular formula is C21H25N5OS. The topological polar surface area (TPSA) is 56.1 Å². The summed E-state index contributed by atoms with van der Waals surface area (Å²) in [6.07, 6.45) is 4.22. The Balaban J connectivity index is 1.66. The van der Waals surface area contributed by atoms with Crippen LogP contribution in [0.1, 0.15) is 32.4 Å². The normalized spacial score (nSPS) is 25.5. The molecule has 2 aliphatic heterocycles. The maximum Gasteiger partial charge on any atom is 0.237 e. The minimum Gasteiger partial charge on any atom is -0.377 e. The summed E-state index contributed by atoms with van der Waals surface area (Å²) in [5.74, 6) is 2.88. The molecule has 0 aliphatic carbocycles. The van der Waals surface area contributed by atoms with E-state index in [1.807, 2.05) is 40.9 Å². The van der Waals surface area contributed by atoms with Gasteiger partial charge in [-0.15, -0.1) is 11.8 Å². The lowest BCUT2D eigenvalue weighted by atomic mass is 10.0. The lowest BCUT2D eigenvalue weighted by Crippen LogP contribution is -2.44. The number of nitrogens with zero attached hydrogens (tertiary/aromatic N) is 5. The maximum absolute atomic E-state index is 5.64. The molecule has 6 nitrogen and oxygen atoms in total. The molecule has 2 saturated heterocycles. The lowest BCUT2D eigenvalue weighted by molar-refractivity contribution is 0.0985. The molecule has 0 bridgehead atoms. The van der Waals surface area contributed by atoms with E-state index in [0.29, 0.717) is 12.0 Å². The number of imidazole rings is 1. The summed E-state index contributed by atoms with van der Waals surface area (Å²) in [6.45, 7) is 6.83. The van der Waals surface area contributed by atoms with Crippen molar-refractivity contribution in [3.63, 3.8) is 0 Å². The van der Waals surface area contributed by atoms with Crippen LogP contribution in [0.5, 0.6) is 0 Å². The molecule has 4 heterocycles. The molecule has 2 aromatic heterocycles. The van der Waals surface area contributed by atoms with Crippen molar-refractivity contribution in [3.05, 3.63) is 42.4 Å². The summed E-state index contributed by atoms with van der Waals surface area (Å²) in [4.78, 5) is 16.9. The van der Waals surface area contributed by atoms with Crippen LogP contribution in [0.15, 0.2) is 36.7 Å². The summed E-state index contributed by atoms with van der Waals surface area (Å²) in [5.41, 5.74) is 3.11. The van der Waals surface area contributed by atoms with Gasteiger partial charge in [0.2, 0.25) is 5.95 Å². The van der Waals surface area contributed by atoms with Crippen molar-refractivity contribution < 1.29 is 4.74 Å². The molecule has 0 radical (unpaired) electrons. The Morgan fingerprint density at radius 2 is 2.14 bits per heavy atom. The molecule has 2 aliphatic rings. The van der Waals surface area contributed by atoms with Gasteiger partial charge < -0.3 is 9.64 Å². The highest BCUT2D eigenvalue weighted by atomic mass is 32.2. The first-order chi connectivity index (χ1) is 13.6. The van der Waals surface area contributed by atoms with Gasteiger partial charge in [0.05, 0.1) is 40.7 Å². The predicted octanol–water partition coefficient (Wildman–Crippen LogP) is 3.78. The zero-order chi connectivity index (χ0) is 19.1. The molecular weight excluding hydrogens is 370 g/mol. The standard InChI is InChI=1S/C21H25N5OS/c1-15-13-27-10-9-25(15)19-12-18(21(2)8-5-11-28-21)23-20(24-19)26-14-22-16-6-3-4-7-17(16)26/h3-4,6-7,12,14-15H,5,8-11,13H2,1-2H3. The molecule has 0 amide bonds. The summed E-state index contributed by atoms with van der Waals surface area (Å²) in [5, 5.41) is 0. The molecule has 2 unspecified atom stereocenters. The fraction of sp³-hybridized carbons (Fsp3) is 0.476. The fourth-order valence-electron chi connectivity index (χ4n) is 4.11. The Hall–Kier alpha value is -2.12. The Labute approximate surface area is 169 Å². The number of hydrogen-bond donors (Lipinski definition) is 0. The van der Waals surface area contributed by atoms with Gasteiger partial charge in [-0.05, 0) is 44.6 Å². The summed E-state index contributed by atoms with van der Waals surface area (Å²) in [6, 6.07) is 10.6. The lowest BCUT2D eigenvalue weighted by Gasteiger charge is -2.35. The van der Waals surface area contributed by atoms with Gasteiger partial charge in [0, 0.05) is 12.6 Å². The number of ether oxygens (including phenoxy) is 1. The molecule has 0 spiro atoms. The van der Waals surface area contributed by atoms with Crippen LogP contribution in [0.2, 0.25) is 0 Å². The smallest absolute Gasteiger partial charge is 0.237 e. The number of morpholine rings is 1. The van der Waals surface area contributed by atoms with Gasteiger partial charge in [0.25, 0.3) is 0 Å². The third kappa shape index (κ3) is 3.06. The zero-order valence-corrected chi connectivity index (χ0v) is 17.2. The first-order valence-corrected chi connectivity index (χ1v) is 10.9. The third-order valence-corrected chi connectivity index (χ3v) is 7.34. The van der Waals surface area contributed by atoms with Crippen molar-refractivity contribution in [3.8, 4) is 5.95 Å². The number of anilines is 1. The molecule has 0 saturated carbocycles. The molecule has 3 aromatic rings. The summed E-state index contributed by atoms with van der Waals surface area (Å²) in [7, 11) is 0. The van der Waals surface area contributed by atoms with Crippen LogP contribution in [0.3, 0.4) is 0 Å². The quantitative estimate of drug-likeness (QED) is 0.673. The Bertz CT molecular complexity index is 997. The number of thioether (sulfide) groups is 1. The van der Waals surface area contributed by atoms with Crippen LogP contribution in [-0.2, 0) is 9.48 Å². The second-order valence-corrected chi connectivity index (χ2v) is 9.41. The van der Waals surface area contributed by atoms with Gasteiger partial charge in [-0.2, -0.15) is 4.98 Å². The third-order valence-electron chi connectivity index (χ3n) is 5.79. The van der Waals surface area contributed by atoms with Gasteiger partial charge >= 0.3 is 0 Å². The largest absolute Gasteiger partial charge is 0.377 e. The van der Waals surface area contributed by atoms with Crippen molar-refractivity contribution in [2.45, 2.75) is 37.5 Å². The van der Waals surface area contributed by atoms with Crippen LogP contribution in [0, 0.1) is 0 Å². The average molecular weight is 396 g/mol. The fourth-order valence-corrected chi connectivity index (χ4v) is 5.40. The van der Waals surface area contributed by atoms with E-state index in [-0.39, 0.29) is 4.75 Å². The highest BCUT2D eigenvalue weighted by molar-refractivity contribution is 8.00. The highest BCUT2D eigenvalue weighted by Crippen LogP contribution is 2.46. The van der Waals surface area contributed by atoms with Crippen LogP contribution >= 0.6 is 11.8 Å². The Morgan fingerprint density at radius 3 is 2.96 bits per heavy atom. The number of aromatic nitrogens is 4. The molecule has 2 atom stereocenters. The maximum atomic E-state index is 5.64. The summed E-state index contributed by atoms with van der Waals surface area (Å²) < 4.78 is 7.69. The molecule has 7 heteroatoms. The van der Waals surface area contributed by atoms with Crippen molar-refractivity contribution >= 4 is 28.6 Å². The van der Waals surface area contributed by atoms with E-state index in [1.165, 1.54) is 12.2 Å². The zero-order valence-electron chi connectivity index (χ0n) is 16.3. The van der Waals surface area contributed by atoms with Crippen LogP contribution < -0.4 is 4.90 Å². The summed E-state index contributed by atoms with van der Waals surface area (Å²) >= 11 is 2.01. The van der Waals surface area contributed by atoms with Crippen LogP contribution in [0.4, 0.5) is 5.82 Å². The SMILES string of the molecule is CC1COCCN1c1cc(C2(C)CCCS2)nc(-n2cnc3ccccc32)n1. The van der Waals surface area contributed by atoms with Crippen molar-refractivity contribution in [2.75, 3.05) is 30.4 Å².